The summed E-state index contributed by atoms with van der Waals surface area (Å²) in [6.07, 6.45) is 0. The van der Waals surface area contributed by atoms with Gasteiger partial charge < -0.3 is 15.2 Å². The zero-order chi connectivity index (χ0) is 22.0. The Bertz CT molecular complexity index is 1280. The molecule has 0 fully saturated rings. The lowest BCUT2D eigenvalue weighted by Gasteiger charge is -2.09. The highest BCUT2D eigenvalue weighted by Gasteiger charge is 2.18. The molecule has 0 aliphatic heterocycles. The van der Waals surface area contributed by atoms with Crippen LogP contribution in [0.1, 0.15) is 21.7 Å². The first-order chi connectivity index (χ1) is 14.9. The molecule has 4 rings (SSSR count). The Hall–Kier alpha value is -4.13. The minimum atomic E-state index is -0.771. The second-order valence-corrected chi connectivity index (χ2v) is 7.13. The first-order valence-corrected chi connectivity index (χ1v) is 9.74. The fraction of sp³-hybridized carbons (Fsp3) is 0.125. The quantitative estimate of drug-likeness (QED) is 0.478. The van der Waals surface area contributed by atoms with Crippen molar-refractivity contribution in [1.82, 2.24) is 9.78 Å². The molecular weight excluding hydrogens is 394 g/mol. The standard InChI is InChI=1S/C24H21N3O4/c1-15-23(16(2)27(26-15)19-10-4-3-5-11-19)25-22(29)14-31-24(30)20-12-17-8-6-7-9-18(17)13-21(20)28/h3-13,28H,14H2,1-2H3,(H,25,29). The van der Waals surface area contributed by atoms with Gasteiger partial charge >= 0.3 is 5.97 Å². The number of carbonyl (C=O) groups is 2. The Labute approximate surface area is 178 Å². The number of ether oxygens (including phenoxy) is 1. The average Bonchev–Trinajstić information content (AvgIpc) is 3.06. The maximum atomic E-state index is 12.4. The fourth-order valence-electron chi connectivity index (χ4n) is 3.42. The second kappa shape index (κ2) is 8.31. The lowest BCUT2D eigenvalue weighted by molar-refractivity contribution is -0.119. The third-order valence-electron chi connectivity index (χ3n) is 4.97. The Morgan fingerprint density at radius 2 is 1.65 bits per heavy atom. The van der Waals surface area contributed by atoms with E-state index in [0.717, 1.165) is 22.2 Å². The van der Waals surface area contributed by atoms with Gasteiger partial charge in [-0.25, -0.2) is 9.48 Å². The van der Waals surface area contributed by atoms with Crippen LogP contribution in [-0.2, 0) is 9.53 Å². The highest BCUT2D eigenvalue weighted by Crippen LogP contribution is 2.26. The number of phenolic OH excluding ortho intramolecular Hbond substituents is 1. The van der Waals surface area contributed by atoms with E-state index >= 15 is 0 Å². The number of nitrogens with one attached hydrogen (secondary N) is 1. The number of carbonyl (C=O) groups excluding carboxylic acids is 2. The van der Waals surface area contributed by atoms with Gasteiger partial charge in [0.2, 0.25) is 0 Å². The molecule has 7 nitrogen and oxygen atoms in total. The van der Waals surface area contributed by atoms with E-state index in [1.165, 1.54) is 6.07 Å². The molecule has 4 aromatic rings. The average molecular weight is 415 g/mol. The van der Waals surface area contributed by atoms with Gasteiger partial charge in [0.1, 0.15) is 11.3 Å². The number of esters is 1. The van der Waals surface area contributed by atoms with Crippen LogP contribution < -0.4 is 5.32 Å². The topological polar surface area (TPSA) is 93.5 Å². The lowest BCUT2D eigenvalue weighted by Crippen LogP contribution is -2.21. The van der Waals surface area contributed by atoms with Crippen LogP contribution in [0.5, 0.6) is 5.75 Å². The van der Waals surface area contributed by atoms with Crippen LogP contribution in [0.15, 0.2) is 66.7 Å². The van der Waals surface area contributed by atoms with Gasteiger partial charge in [0.25, 0.3) is 5.91 Å². The van der Waals surface area contributed by atoms with Crippen molar-refractivity contribution in [3.05, 3.63) is 83.7 Å². The van der Waals surface area contributed by atoms with E-state index in [4.69, 9.17) is 4.74 Å². The van der Waals surface area contributed by atoms with Crippen LogP contribution in [-0.4, -0.2) is 33.4 Å². The monoisotopic (exact) mass is 415 g/mol. The molecule has 0 bridgehead atoms. The minimum absolute atomic E-state index is 0.00996. The summed E-state index contributed by atoms with van der Waals surface area (Å²) in [4.78, 5) is 24.8. The number of fused-ring (bicyclic) bond motifs is 1. The molecule has 0 radical (unpaired) electrons. The van der Waals surface area contributed by atoms with E-state index in [1.54, 1.807) is 17.7 Å². The van der Waals surface area contributed by atoms with E-state index in [-0.39, 0.29) is 11.3 Å². The molecule has 0 spiro atoms. The molecular formula is C24H21N3O4. The van der Waals surface area contributed by atoms with Crippen molar-refractivity contribution in [1.29, 1.82) is 0 Å². The normalized spacial score (nSPS) is 10.8. The molecule has 1 heterocycles. The van der Waals surface area contributed by atoms with E-state index in [2.05, 4.69) is 10.4 Å². The molecule has 0 aliphatic carbocycles. The summed E-state index contributed by atoms with van der Waals surface area (Å²) in [6, 6.07) is 19.9. The van der Waals surface area contributed by atoms with Gasteiger partial charge in [-0.05, 0) is 48.9 Å². The van der Waals surface area contributed by atoms with Crippen LogP contribution in [0, 0.1) is 13.8 Å². The zero-order valence-corrected chi connectivity index (χ0v) is 17.1. The van der Waals surface area contributed by atoms with Crippen LogP contribution >= 0.6 is 0 Å². The fourth-order valence-corrected chi connectivity index (χ4v) is 3.42. The summed E-state index contributed by atoms with van der Waals surface area (Å²) in [7, 11) is 0. The van der Waals surface area contributed by atoms with Gasteiger partial charge in [-0.15, -0.1) is 0 Å². The third kappa shape index (κ3) is 4.11. The van der Waals surface area contributed by atoms with Crippen molar-refractivity contribution in [2.75, 3.05) is 11.9 Å². The summed E-state index contributed by atoms with van der Waals surface area (Å²) in [5.41, 5.74) is 2.86. The van der Waals surface area contributed by atoms with Gasteiger partial charge in [0.05, 0.1) is 22.8 Å². The highest BCUT2D eigenvalue weighted by molar-refractivity contribution is 6.00. The van der Waals surface area contributed by atoms with Gasteiger partial charge in [0.15, 0.2) is 6.61 Å². The zero-order valence-electron chi connectivity index (χ0n) is 17.1. The minimum Gasteiger partial charge on any atom is -0.507 e. The number of para-hydroxylation sites is 1. The molecule has 3 aromatic carbocycles. The maximum Gasteiger partial charge on any atom is 0.342 e. The van der Waals surface area contributed by atoms with Crippen molar-refractivity contribution < 1.29 is 19.4 Å². The van der Waals surface area contributed by atoms with Crippen molar-refractivity contribution in [3.8, 4) is 11.4 Å². The molecule has 1 aromatic heterocycles. The summed E-state index contributed by atoms with van der Waals surface area (Å²) >= 11 is 0. The number of aromatic hydroxyl groups is 1. The van der Waals surface area contributed by atoms with E-state index < -0.39 is 18.5 Å². The predicted molar refractivity (Wildman–Crippen MR) is 118 cm³/mol. The van der Waals surface area contributed by atoms with Crippen molar-refractivity contribution >= 4 is 28.3 Å². The van der Waals surface area contributed by atoms with Crippen LogP contribution in [0.4, 0.5) is 5.69 Å². The van der Waals surface area contributed by atoms with Crippen LogP contribution in [0.25, 0.3) is 16.5 Å². The SMILES string of the molecule is Cc1nn(-c2ccccc2)c(C)c1NC(=O)COC(=O)c1cc2ccccc2cc1O. The highest BCUT2D eigenvalue weighted by atomic mass is 16.5. The Morgan fingerprint density at radius 1 is 1.00 bits per heavy atom. The molecule has 31 heavy (non-hydrogen) atoms. The number of hydrogen-bond acceptors (Lipinski definition) is 5. The number of aromatic nitrogens is 2. The first-order valence-electron chi connectivity index (χ1n) is 9.74. The first kappa shape index (κ1) is 20.2. The molecule has 0 atom stereocenters. The predicted octanol–water partition coefficient (Wildman–Crippen LogP) is 4.14. The molecule has 2 N–H and O–H groups in total. The number of benzene rings is 3. The van der Waals surface area contributed by atoms with Crippen molar-refractivity contribution in [3.63, 3.8) is 0 Å². The largest absolute Gasteiger partial charge is 0.507 e. The van der Waals surface area contributed by atoms with Gasteiger partial charge in [-0.2, -0.15) is 5.10 Å². The Kier molecular flexibility index (Phi) is 5.41. The molecule has 0 saturated heterocycles. The second-order valence-electron chi connectivity index (χ2n) is 7.13. The summed E-state index contributed by atoms with van der Waals surface area (Å²) in [6.45, 7) is 3.16. The number of rotatable bonds is 5. The number of phenols is 1. The molecule has 0 unspecified atom stereocenters. The number of aryl methyl sites for hydroxylation is 1. The summed E-state index contributed by atoms with van der Waals surface area (Å²) in [5.74, 6) is -1.46. The van der Waals surface area contributed by atoms with Crippen LogP contribution in [0.2, 0.25) is 0 Å². The molecule has 0 saturated carbocycles. The third-order valence-corrected chi connectivity index (χ3v) is 4.97. The smallest absolute Gasteiger partial charge is 0.342 e. The number of hydrogen-bond donors (Lipinski definition) is 2. The molecule has 7 heteroatoms. The number of nitrogens with zero attached hydrogens (tertiary/aromatic N) is 2. The molecule has 1 amide bonds. The molecule has 0 aliphatic rings. The Morgan fingerprint density at radius 3 is 2.35 bits per heavy atom. The maximum absolute atomic E-state index is 12.4. The van der Waals surface area contributed by atoms with Gasteiger partial charge in [-0.3, -0.25) is 4.79 Å². The number of anilines is 1. The summed E-state index contributed by atoms with van der Waals surface area (Å²) < 4.78 is 6.86. The van der Waals surface area contributed by atoms with E-state index in [9.17, 15) is 14.7 Å². The molecule has 156 valence electrons. The van der Waals surface area contributed by atoms with Crippen molar-refractivity contribution in [2.45, 2.75) is 13.8 Å². The van der Waals surface area contributed by atoms with Crippen molar-refractivity contribution in [2.24, 2.45) is 0 Å². The lowest BCUT2D eigenvalue weighted by atomic mass is 10.1. The number of amides is 1. The Balaban J connectivity index is 1.45. The van der Waals surface area contributed by atoms with Crippen LogP contribution in [0.3, 0.4) is 0 Å². The van der Waals surface area contributed by atoms with Gasteiger partial charge in [-0.1, -0.05) is 42.5 Å². The van der Waals surface area contributed by atoms with Gasteiger partial charge in [0, 0.05) is 0 Å². The van der Waals surface area contributed by atoms with E-state index in [1.807, 2.05) is 61.5 Å². The summed E-state index contributed by atoms with van der Waals surface area (Å²) in [5, 5.41) is 19.0. The van der Waals surface area contributed by atoms with E-state index in [0.29, 0.717) is 11.4 Å².